The molecule has 0 aliphatic carbocycles. The SMILES string of the molecule is C=CN=C(C=C)CNC(=O)c1ccc(C2=NOC(c3cc(Cl)cc(Cl)c3)(C(F)(F)F)C2)cc1C. The molecule has 178 valence electrons. The summed E-state index contributed by atoms with van der Waals surface area (Å²) in [5.74, 6) is -0.370. The number of oxime groups is 1. The number of rotatable bonds is 7. The molecule has 1 aliphatic heterocycles. The Hall–Kier alpha value is -3.10. The molecule has 1 amide bonds. The molecule has 0 saturated carbocycles. The Kier molecular flexibility index (Phi) is 7.53. The highest BCUT2D eigenvalue weighted by molar-refractivity contribution is 6.34. The highest BCUT2D eigenvalue weighted by atomic mass is 35.5. The molecular weight excluding hydrogens is 490 g/mol. The molecule has 0 fully saturated rings. The minimum Gasteiger partial charge on any atom is -0.374 e. The van der Waals surface area contributed by atoms with Crippen molar-refractivity contribution in [3.63, 3.8) is 0 Å². The normalized spacial score (nSPS) is 18.2. The predicted octanol–water partition coefficient (Wildman–Crippen LogP) is 6.38. The van der Waals surface area contributed by atoms with Gasteiger partial charge in [0.25, 0.3) is 11.5 Å². The summed E-state index contributed by atoms with van der Waals surface area (Å²) in [4.78, 5) is 21.5. The van der Waals surface area contributed by atoms with Crippen LogP contribution in [0, 0.1) is 6.92 Å². The number of nitrogens with one attached hydrogen (secondary N) is 1. The van der Waals surface area contributed by atoms with Crippen molar-refractivity contribution in [1.29, 1.82) is 0 Å². The quantitative estimate of drug-likeness (QED) is 0.439. The summed E-state index contributed by atoms with van der Waals surface area (Å²) in [7, 11) is 0. The van der Waals surface area contributed by atoms with Gasteiger partial charge in [-0.3, -0.25) is 9.79 Å². The van der Waals surface area contributed by atoms with Gasteiger partial charge in [0, 0.05) is 33.8 Å². The van der Waals surface area contributed by atoms with Crippen LogP contribution in [0.3, 0.4) is 0 Å². The third kappa shape index (κ3) is 5.18. The van der Waals surface area contributed by atoms with E-state index in [1.54, 1.807) is 13.0 Å². The number of aliphatic imine (C=N–C) groups is 1. The summed E-state index contributed by atoms with van der Waals surface area (Å²) in [6.07, 6.45) is -2.54. The molecule has 1 N–H and O–H groups in total. The highest BCUT2D eigenvalue weighted by Gasteiger charge is 2.62. The lowest BCUT2D eigenvalue weighted by Crippen LogP contribution is -2.42. The number of carbonyl (C=O) groups excluding carboxylic acids is 1. The van der Waals surface area contributed by atoms with Gasteiger partial charge in [0.1, 0.15) is 0 Å². The second-order valence-corrected chi connectivity index (χ2v) is 8.38. The van der Waals surface area contributed by atoms with E-state index in [9.17, 15) is 18.0 Å². The zero-order chi connectivity index (χ0) is 25.1. The van der Waals surface area contributed by atoms with Crippen LogP contribution in [-0.4, -0.2) is 30.1 Å². The fourth-order valence-electron chi connectivity index (χ4n) is 3.50. The molecule has 5 nitrogen and oxygen atoms in total. The van der Waals surface area contributed by atoms with E-state index in [0.29, 0.717) is 22.4 Å². The molecule has 34 heavy (non-hydrogen) atoms. The lowest BCUT2D eigenvalue weighted by molar-refractivity contribution is -0.275. The third-order valence-corrected chi connectivity index (χ3v) is 5.68. The van der Waals surface area contributed by atoms with Gasteiger partial charge in [-0.2, -0.15) is 13.2 Å². The summed E-state index contributed by atoms with van der Waals surface area (Å²) < 4.78 is 42.5. The number of halogens is 5. The van der Waals surface area contributed by atoms with E-state index in [2.05, 4.69) is 28.6 Å². The number of alkyl halides is 3. The summed E-state index contributed by atoms with van der Waals surface area (Å²) >= 11 is 11.9. The number of hydrogen-bond acceptors (Lipinski definition) is 4. The predicted molar refractivity (Wildman–Crippen MR) is 128 cm³/mol. The van der Waals surface area contributed by atoms with E-state index in [1.165, 1.54) is 30.5 Å². The van der Waals surface area contributed by atoms with Gasteiger partial charge < -0.3 is 10.2 Å². The van der Waals surface area contributed by atoms with E-state index < -0.39 is 18.2 Å². The molecule has 3 rings (SSSR count). The van der Waals surface area contributed by atoms with Crippen LogP contribution in [0.5, 0.6) is 0 Å². The van der Waals surface area contributed by atoms with Gasteiger partial charge in [-0.25, -0.2) is 0 Å². The molecule has 1 atom stereocenters. The Morgan fingerprint density at radius 1 is 1.24 bits per heavy atom. The summed E-state index contributed by atoms with van der Waals surface area (Å²) in [6, 6.07) is 8.28. The van der Waals surface area contributed by atoms with Crippen molar-refractivity contribution < 1.29 is 22.8 Å². The van der Waals surface area contributed by atoms with E-state index >= 15 is 0 Å². The molecule has 0 bridgehead atoms. The number of aryl methyl sites for hydroxylation is 1. The van der Waals surface area contributed by atoms with Gasteiger partial charge in [-0.15, -0.1) is 0 Å². The van der Waals surface area contributed by atoms with Gasteiger partial charge in [0.05, 0.1) is 18.0 Å². The van der Waals surface area contributed by atoms with Crippen LogP contribution in [0.2, 0.25) is 10.0 Å². The third-order valence-electron chi connectivity index (χ3n) is 5.24. The van der Waals surface area contributed by atoms with Crippen molar-refractivity contribution in [1.82, 2.24) is 5.32 Å². The molecule has 0 radical (unpaired) electrons. The van der Waals surface area contributed by atoms with Gasteiger partial charge in [-0.05, 0) is 54.5 Å². The first-order chi connectivity index (χ1) is 16.0. The topological polar surface area (TPSA) is 63.0 Å². The molecule has 2 aromatic carbocycles. The van der Waals surface area contributed by atoms with Gasteiger partial charge in [0.15, 0.2) is 0 Å². The second-order valence-electron chi connectivity index (χ2n) is 7.51. The molecule has 1 heterocycles. The monoisotopic (exact) mass is 509 g/mol. The minimum atomic E-state index is -4.79. The maximum atomic E-state index is 14.2. The fourth-order valence-corrected chi connectivity index (χ4v) is 4.02. The maximum absolute atomic E-state index is 14.2. The first-order valence-corrected chi connectivity index (χ1v) is 10.7. The molecule has 0 saturated heterocycles. The van der Waals surface area contributed by atoms with Crippen LogP contribution < -0.4 is 5.32 Å². The standard InChI is InChI=1S/C24H20Cl2F3N3O2/c1-4-19(30-5-2)13-31-22(33)20-7-6-15(8-14(20)3)21-12-23(34-32-21,24(27,28)29)16-9-17(25)11-18(26)10-16/h4-11H,1-2,12-13H2,3H3,(H,31,33). The molecule has 1 unspecified atom stereocenters. The lowest BCUT2D eigenvalue weighted by atomic mass is 9.86. The Morgan fingerprint density at radius 3 is 2.47 bits per heavy atom. The highest BCUT2D eigenvalue weighted by Crippen LogP contribution is 2.49. The van der Waals surface area contributed by atoms with Gasteiger partial charge in [-0.1, -0.05) is 47.6 Å². The number of carbonyl (C=O) groups is 1. The summed E-state index contributed by atoms with van der Waals surface area (Å²) in [5.41, 5.74) is -1.07. The Labute approximate surface area is 204 Å². The molecule has 2 aromatic rings. The average molecular weight is 510 g/mol. The molecule has 10 heteroatoms. The Bertz CT molecular complexity index is 1190. The number of hydrogen-bond donors (Lipinski definition) is 1. The Morgan fingerprint density at radius 2 is 1.91 bits per heavy atom. The van der Waals surface area contributed by atoms with Crippen LogP contribution in [0.1, 0.15) is 33.5 Å². The van der Waals surface area contributed by atoms with Crippen molar-refractivity contribution in [3.05, 3.63) is 94.1 Å². The first-order valence-electron chi connectivity index (χ1n) is 9.98. The molecule has 0 aromatic heterocycles. The van der Waals surface area contributed by atoms with Crippen LogP contribution in [-0.2, 0) is 10.4 Å². The zero-order valence-electron chi connectivity index (χ0n) is 18.0. The molecule has 1 aliphatic rings. The minimum absolute atomic E-state index is 0.0483. The van der Waals surface area contributed by atoms with Crippen LogP contribution in [0.25, 0.3) is 0 Å². The van der Waals surface area contributed by atoms with Crippen molar-refractivity contribution in [2.24, 2.45) is 10.1 Å². The number of benzene rings is 2. The van der Waals surface area contributed by atoms with E-state index in [1.807, 2.05) is 0 Å². The summed E-state index contributed by atoms with van der Waals surface area (Å²) in [5, 5.41) is 6.55. The van der Waals surface area contributed by atoms with Crippen molar-refractivity contribution in [2.45, 2.75) is 25.1 Å². The zero-order valence-corrected chi connectivity index (χ0v) is 19.6. The van der Waals surface area contributed by atoms with Crippen molar-refractivity contribution in [3.8, 4) is 0 Å². The largest absolute Gasteiger partial charge is 0.435 e. The van der Waals surface area contributed by atoms with E-state index in [4.69, 9.17) is 28.0 Å². The maximum Gasteiger partial charge on any atom is 0.435 e. The van der Waals surface area contributed by atoms with Crippen LogP contribution in [0.15, 0.2) is 72.0 Å². The first kappa shape index (κ1) is 25.5. The Balaban J connectivity index is 1.85. The smallest absolute Gasteiger partial charge is 0.374 e. The lowest BCUT2D eigenvalue weighted by Gasteiger charge is -2.29. The van der Waals surface area contributed by atoms with Gasteiger partial charge in [0.2, 0.25) is 0 Å². The molecule has 0 spiro atoms. The molecular formula is C24H20Cl2F3N3O2. The van der Waals surface area contributed by atoms with Crippen molar-refractivity contribution in [2.75, 3.05) is 6.54 Å². The van der Waals surface area contributed by atoms with E-state index in [-0.39, 0.29) is 33.8 Å². The van der Waals surface area contributed by atoms with E-state index in [0.717, 1.165) is 12.1 Å². The summed E-state index contributed by atoms with van der Waals surface area (Å²) in [6.45, 7) is 8.93. The second kappa shape index (κ2) is 10.0. The fraction of sp³-hybridized carbons (Fsp3) is 0.208. The number of amides is 1. The number of nitrogens with zero attached hydrogens (tertiary/aromatic N) is 2. The van der Waals surface area contributed by atoms with Crippen LogP contribution in [0.4, 0.5) is 13.2 Å². The average Bonchev–Trinajstić information content (AvgIpc) is 3.23. The van der Waals surface area contributed by atoms with Crippen molar-refractivity contribution >= 4 is 40.5 Å². The van der Waals surface area contributed by atoms with Gasteiger partial charge >= 0.3 is 6.18 Å². The van der Waals surface area contributed by atoms with Crippen LogP contribution >= 0.6 is 23.2 Å².